The van der Waals surface area contributed by atoms with Crippen LogP contribution < -0.4 is 10.6 Å². The van der Waals surface area contributed by atoms with Crippen LogP contribution in [-0.4, -0.2) is 23.5 Å². The highest BCUT2D eigenvalue weighted by Gasteiger charge is 2.30. The molecule has 5 nitrogen and oxygen atoms in total. The van der Waals surface area contributed by atoms with Gasteiger partial charge >= 0.3 is 0 Å². The first kappa shape index (κ1) is 14.5. The summed E-state index contributed by atoms with van der Waals surface area (Å²) in [7, 11) is 0. The van der Waals surface area contributed by atoms with Crippen LogP contribution in [0.25, 0.3) is 10.6 Å². The summed E-state index contributed by atoms with van der Waals surface area (Å²) < 4.78 is 0. The van der Waals surface area contributed by atoms with E-state index in [1.807, 2.05) is 36.5 Å². The van der Waals surface area contributed by atoms with Crippen molar-refractivity contribution in [2.24, 2.45) is 5.92 Å². The number of carbonyl (C=O) groups excluding carboxylic acids is 1. The fraction of sp³-hybridized carbons (Fsp3) is 0.312. The van der Waals surface area contributed by atoms with Gasteiger partial charge in [0.1, 0.15) is 9.88 Å². The number of nitriles is 1. The quantitative estimate of drug-likeness (QED) is 0.656. The lowest BCUT2D eigenvalue weighted by Crippen LogP contribution is -2.46. The van der Waals surface area contributed by atoms with Crippen LogP contribution >= 0.6 is 11.3 Å². The molecule has 2 aromatic rings. The van der Waals surface area contributed by atoms with Gasteiger partial charge in [0.25, 0.3) is 5.91 Å². The van der Waals surface area contributed by atoms with E-state index < -0.39 is 0 Å². The summed E-state index contributed by atoms with van der Waals surface area (Å²) in [6, 6.07) is 10.1. The molecule has 1 aromatic heterocycles. The molecule has 0 radical (unpaired) electrons. The lowest BCUT2D eigenvalue weighted by Gasteiger charge is -2.35. The maximum absolute atomic E-state index is 12.2. The Morgan fingerprint density at radius 3 is 2.86 bits per heavy atom. The predicted octanol–water partition coefficient (Wildman–Crippen LogP) is 2.39. The lowest BCUT2D eigenvalue weighted by atomic mass is 9.80. The highest BCUT2D eigenvalue weighted by atomic mass is 32.1. The fourth-order valence-corrected chi connectivity index (χ4v) is 3.38. The summed E-state index contributed by atoms with van der Waals surface area (Å²) in [6.07, 6.45) is 5.40. The van der Waals surface area contributed by atoms with Crippen LogP contribution in [0.3, 0.4) is 0 Å². The Labute approximate surface area is 133 Å². The van der Waals surface area contributed by atoms with Crippen LogP contribution in [0.1, 0.15) is 22.5 Å². The largest absolute Gasteiger partial charge is 0.349 e. The highest BCUT2D eigenvalue weighted by molar-refractivity contribution is 7.16. The van der Waals surface area contributed by atoms with Crippen molar-refractivity contribution in [3.63, 3.8) is 0 Å². The number of thiazole rings is 1. The molecule has 0 aliphatic heterocycles. The van der Waals surface area contributed by atoms with E-state index in [2.05, 4.69) is 15.6 Å². The fourth-order valence-electron chi connectivity index (χ4n) is 2.56. The normalized spacial score (nSPS) is 19.8. The first-order valence-electron chi connectivity index (χ1n) is 7.20. The number of aromatic nitrogens is 1. The third kappa shape index (κ3) is 3.26. The van der Waals surface area contributed by atoms with Crippen molar-refractivity contribution in [3.8, 4) is 16.8 Å². The molecule has 0 spiro atoms. The van der Waals surface area contributed by atoms with Gasteiger partial charge in [0.05, 0.1) is 6.20 Å². The van der Waals surface area contributed by atoms with Gasteiger partial charge in [0.15, 0.2) is 6.19 Å². The van der Waals surface area contributed by atoms with Crippen LogP contribution in [0, 0.1) is 17.4 Å². The number of hydrogen-bond donors (Lipinski definition) is 2. The second-order valence-electron chi connectivity index (χ2n) is 5.40. The maximum atomic E-state index is 12.2. The predicted molar refractivity (Wildman–Crippen MR) is 85.1 cm³/mol. The molecular weight excluding hydrogens is 296 g/mol. The Hall–Kier alpha value is -2.39. The van der Waals surface area contributed by atoms with Crippen molar-refractivity contribution in [2.45, 2.75) is 18.9 Å². The smallest absolute Gasteiger partial charge is 0.263 e. The maximum Gasteiger partial charge on any atom is 0.263 e. The number of benzene rings is 1. The van der Waals surface area contributed by atoms with Gasteiger partial charge in [-0.15, -0.1) is 11.3 Å². The van der Waals surface area contributed by atoms with Crippen LogP contribution in [0.4, 0.5) is 0 Å². The minimum Gasteiger partial charge on any atom is -0.349 e. The molecule has 112 valence electrons. The SMILES string of the molecule is N#CNC[C@H]1C[C@H](NC(=O)c2cnc(-c3ccccc3)s2)C1. The number of nitrogens with one attached hydrogen (secondary N) is 2. The zero-order valence-electron chi connectivity index (χ0n) is 12.0. The van der Waals surface area contributed by atoms with E-state index in [0.717, 1.165) is 23.4 Å². The van der Waals surface area contributed by atoms with Gasteiger partial charge in [-0.3, -0.25) is 4.79 Å². The molecule has 2 N–H and O–H groups in total. The van der Waals surface area contributed by atoms with E-state index in [9.17, 15) is 4.79 Å². The summed E-state index contributed by atoms with van der Waals surface area (Å²) >= 11 is 1.41. The molecule has 1 fully saturated rings. The molecule has 1 aliphatic carbocycles. The molecule has 3 rings (SSSR count). The zero-order valence-corrected chi connectivity index (χ0v) is 12.8. The zero-order chi connectivity index (χ0) is 15.4. The minimum absolute atomic E-state index is 0.0589. The molecule has 1 amide bonds. The minimum atomic E-state index is -0.0589. The van der Waals surface area contributed by atoms with Crippen molar-refractivity contribution >= 4 is 17.2 Å². The standard InChI is InChI=1S/C16H16N4OS/c17-10-18-8-11-6-13(7-11)20-15(21)14-9-19-16(22-14)12-4-2-1-3-5-12/h1-5,9,11,13,18H,6-8H2,(H,20,21)/t11-,13-. The van der Waals surface area contributed by atoms with Crippen LogP contribution in [-0.2, 0) is 0 Å². The monoisotopic (exact) mass is 312 g/mol. The Morgan fingerprint density at radius 1 is 1.36 bits per heavy atom. The van der Waals surface area contributed by atoms with Crippen molar-refractivity contribution < 1.29 is 4.79 Å². The van der Waals surface area contributed by atoms with Crippen molar-refractivity contribution in [3.05, 3.63) is 41.4 Å². The van der Waals surface area contributed by atoms with Gasteiger partial charge in [-0.05, 0) is 18.8 Å². The third-order valence-electron chi connectivity index (χ3n) is 3.79. The van der Waals surface area contributed by atoms with Gasteiger partial charge in [0.2, 0.25) is 0 Å². The lowest BCUT2D eigenvalue weighted by molar-refractivity contribution is 0.0894. The Balaban J connectivity index is 1.54. The van der Waals surface area contributed by atoms with E-state index >= 15 is 0 Å². The average Bonchev–Trinajstić information content (AvgIpc) is 3.00. The summed E-state index contributed by atoms with van der Waals surface area (Å²) in [6.45, 7) is 0.696. The second-order valence-corrected chi connectivity index (χ2v) is 6.43. The Morgan fingerprint density at radius 2 is 2.14 bits per heavy atom. The summed E-state index contributed by atoms with van der Waals surface area (Å²) in [5.74, 6) is 0.419. The van der Waals surface area contributed by atoms with Crippen molar-refractivity contribution in [2.75, 3.05) is 6.54 Å². The molecule has 1 heterocycles. The van der Waals surface area contributed by atoms with Gasteiger partial charge < -0.3 is 10.6 Å². The number of nitrogens with zero attached hydrogens (tertiary/aromatic N) is 2. The molecule has 1 aromatic carbocycles. The van der Waals surface area contributed by atoms with E-state index in [0.29, 0.717) is 17.3 Å². The molecule has 1 aliphatic rings. The van der Waals surface area contributed by atoms with E-state index in [4.69, 9.17) is 5.26 Å². The van der Waals surface area contributed by atoms with Gasteiger partial charge in [-0.25, -0.2) is 4.98 Å². The topological polar surface area (TPSA) is 77.8 Å². The first-order chi connectivity index (χ1) is 10.8. The second kappa shape index (κ2) is 6.58. The van der Waals surface area contributed by atoms with Crippen LogP contribution in [0.15, 0.2) is 36.5 Å². The molecule has 0 bridgehead atoms. The van der Waals surface area contributed by atoms with Gasteiger partial charge in [-0.1, -0.05) is 30.3 Å². The molecule has 1 saturated carbocycles. The summed E-state index contributed by atoms with van der Waals surface area (Å²) in [5.41, 5.74) is 1.03. The molecule has 0 saturated heterocycles. The number of carbonyl (C=O) groups is 1. The Bertz CT molecular complexity index is 686. The average molecular weight is 312 g/mol. The number of amides is 1. The molecule has 0 unspecified atom stereocenters. The highest BCUT2D eigenvalue weighted by Crippen LogP contribution is 2.28. The first-order valence-corrected chi connectivity index (χ1v) is 8.02. The van der Waals surface area contributed by atoms with Crippen molar-refractivity contribution in [1.29, 1.82) is 5.26 Å². The van der Waals surface area contributed by atoms with Crippen LogP contribution in [0.5, 0.6) is 0 Å². The molecule has 22 heavy (non-hydrogen) atoms. The Kier molecular flexibility index (Phi) is 4.35. The molecular formula is C16H16N4OS. The van der Waals surface area contributed by atoms with Crippen LogP contribution in [0.2, 0.25) is 0 Å². The summed E-state index contributed by atoms with van der Waals surface area (Å²) in [4.78, 5) is 17.2. The molecule has 6 heteroatoms. The number of hydrogen-bond acceptors (Lipinski definition) is 5. The van der Waals surface area contributed by atoms with E-state index in [1.165, 1.54) is 11.3 Å². The van der Waals surface area contributed by atoms with Gasteiger partial charge in [0, 0.05) is 18.2 Å². The van der Waals surface area contributed by atoms with Crippen molar-refractivity contribution in [1.82, 2.24) is 15.6 Å². The van der Waals surface area contributed by atoms with E-state index in [1.54, 1.807) is 6.20 Å². The van der Waals surface area contributed by atoms with Gasteiger partial charge in [-0.2, -0.15) is 5.26 Å². The third-order valence-corrected chi connectivity index (χ3v) is 4.84. The molecule has 0 atom stereocenters. The number of rotatable bonds is 5. The van der Waals surface area contributed by atoms with E-state index in [-0.39, 0.29) is 11.9 Å². The summed E-state index contributed by atoms with van der Waals surface area (Å²) in [5, 5.41) is 15.0.